The van der Waals surface area contributed by atoms with Crippen molar-refractivity contribution in [1.82, 2.24) is 4.57 Å². The summed E-state index contributed by atoms with van der Waals surface area (Å²) in [6.07, 6.45) is 6.77. The molecule has 7 aromatic rings. The van der Waals surface area contributed by atoms with Gasteiger partial charge >= 0.3 is 0 Å². The van der Waals surface area contributed by atoms with Crippen molar-refractivity contribution in [3.63, 3.8) is 0 Å². The van der Waals surface area contributed by atoms with Crippen LogP contribution in [0.4, 0.5) is 11.4 Å². The molecule has 220 valence electrons. The van der Waals surface area contributed by atoms with Crippen LogP contribution in [0.1, 0.15) is 39.9 Å². The number of fused-ring (bicyclic) bond motifs is 6. The van der Waals surface area contributed by atoms with Crippen LogP contribution in [0, 0.1) is 0 Å². The van der Waals surface area contributed by atoms with E-state index < -0.39 is 5.41 Å². The van der Waals surface area contributed by atoms with Crippen LogP contribution in [0.15, 0.2) is 158 Å². The van der Waals surface area contributed by atoms with Gasteiger partial charge in [0.25, 0.3) is 0 Å². The van der Waals surface area contributed by atoms with Gasteiger partial charge in [-0.2, -0.15) is 0 Å². The number of hydrogen-bond acceptors (Lipinski definition) is 1. The number of allylic oxidation sites excluding steroid dienone is 1. The summed E-state index contributed by atoms with van der Waals surface area (Å²) in [5.41, 5.74) is 15.0. The van der Waals surface area contributed by atoms with Crippen molar-refractivity contribution in [3.8, 4) is 16.8 Å². The molecule has 0 atom stereocenters. The molecule has 1 heterocycles. The Morgan fingerprint density at radius 1 is 0.587 bits per heavy atom. The van der Waals surface area contributed by atoms with E-state index in [4.69, 9.17) is 0 Å². The van der Waals surface area contributed by atoms with Crippen LogP contribution in [0.5, 0.6) is 0 Å². The summed E-state index contributed by atoms with van der Waals surface area (Å²) in [7, 11) is 2.16. The Bertz CT molecular complexity index is 2220. The topological polar surface area (TPSA) is 8.17 Å². The average molecular weight is 591 g/mol. The smallest absolute Gasteiger partial charge is 0.0714 e. The minimum Gasteiger partial charge on any atom is -0.345 e. The summed E-state index contributed by atoms with van der Waals surface area (Å²) in [4.78, 5) is 2.28. The molecular weight excluding hydrogens is 556 g/mol. The number of benzene rings is 6. The molecule has 0 unspecified atom stereocenters. The van der Waals surface area contributed by atoms with Crippen molar-refractivity contribution < 1.29 is 0 Å². The lowest BCUT2D eigenvalue weighted by Gasteiger charge is -2.34. The molecular formula is C44H34N2. The first-order valence-electron chi connectivity index (χ1n) is 16.2. The van der Waals surface area contributed by atoms with E-state index in [1.54, 1.807) is 0 Å². The number of aryl methyl sites for hydroxylation is 1. The van der Waals surface area contributed by atoms with Gasteiger partial charge in [0.1, 0.15) is 0 Å². The van der Waals surface area contributed by atoms with Gasteiger partial charge in [-0.3, -0.25) is 0 Å². The maximum absolute atomic E-state index is 2.50. The molecule has 2 aliphatic carbocycles. The van der Waals surface area contributed by atoms with Crippen LogP contribution >= 0.6 is 0 Å². The van der Waals surface area contributed by atoms with Gasteiger partial charge < -0.3 is 9.47 Å². The largest absolute Gasteiger partial charge is 0.345 e. The van der Waals surface area contributed by atoms with Crippen molar-refractivity contribution in [1.29, 1.82) is 0 Å². The molecule has 2 nitrogen and oxygen atoms in total. The molecule has 0 bridgehead atoms. The van der Waals surface area contributed by atoms with Crippen molar-refractivity contribution in [3.05, 3.63) is 191 Å². The second-order valence-corrected chi connectivity index (χ2v) is 12.5. The highest BCUT2D eigenvalue weighted by Gasteiger charge is 2.46. The number of anilines is 2. The number of nitrogens with zero attached hydrogens (tertiary/aromatic N) is 2. The number of rotatable bonds is 5. The third-order valence-corrected chi connectivity index (χ3v) is 10.2. The first kappa shape index (κ1) is 26.8. The monoisotopic (exact) mass is 590 g/mol. The van der Waals surface area contributed by atoms with Gasteiger partial charge in [0.15, 0.2) is 0 Å². The standard InChI is InChI=1S/C44H34N2/c1-45(33-19-9-4-10-20-33)34-26-28-43-39(29-34)38-22-12-14-24-42(38)46(43)35-25-27-37-36-21-11-13-23-40(36)44(41(37)30-35,31-15-5-2-6-16-31)32-17-7-3-8-18-32/h2-11,13-21,23-30H,12,22H2,1H3. The van der Waals surface area contributed by atoms with Gasteiger partial charge in [0.05, 0.1) is 10.9 Å². The van der Waals surface area contributed by atoms with Gasteiger partial charge in [0.2, 0.25) is 0 Å². The lowest BCUT2D eigenvalue weighted by molar-refractivity contribution is 0.767. The van der Waals surface area contributed by atoms with Crippen LogP contribution in [-0.4, -0.2) is 11.6 Å². The fraction of sp³-hybridized carbons (Fsp3) is 0.0909. The van der Waals surface area contributed by atoms with Gasteiger partial charge in [-0.25, -0.2) is 0 Å². The Balaban J connectivity index is 1.30. The van der Waals surface area contributed by atoms with E-state index >= 15 is 0 Å². The van der Waals surface area contributed by atoms with E-state index in [9.17, 15) is 0 Å². The fourth-order valence-electron chi connectivity index (χ4n) is 8.08. The van der Waals surface area contributed by atoms with E-state index in [-0.39, 0.29) is 0 Å². The zero-order valence-electron chi connectivity index (χ0n) is 25.9. The summed E-state index contributed by atoms with van der Waals surface area (Å²) in [6.45, 7) is 0. The molecule has 0 fully saturated rings. The Kier molecular flexibility index (Phi) is 6.11. The normalized spacial score (nSPS) is 14.1. The third kappa shape index (κ3) is 3.83. The highest BCUT2D eigenvalue weighted by molar-refractivity contribution is 5.94. The molecule has 46 heavy (non-hydrogen) atoms. The Hall–Kier alpha value is -5.60. The van der Waals surface area contributed by atoms with Gasteiger partial charge in [-0.05, 0) is 100 Å². The predicted molar refractivity (Wildman–Crippen MR) is 192 cm³/mol. The minimum absolute atomic E-state index is 0.422. The number of aromatic nitrogens is 1. The maximum atomic E-state index is 2.50. The summed E-state index contributed by atoms with van der Waals surface area (Å²) < 4.78 is 2.50. The maximum Gasteiger partial charge on any atom is 0.0714 e. The molecule has 6 aromatic carbocycles. The molecule has 2 aliphatic rings. The van der Waals surface area contributed by atoms with Crippen molar-refractivity contribution in [2.24, 2.45) is 0 Å². The fourth-order valence-corrected chi connectivity index (χ4v) is 8.08. The minimum atomic E-state index is -0.422. The summed E-state index contributed by atoms with van der Waals surface area (Å²) in [6, 6.07) is 55.9. The number of hydrogen-bond donors (Lipinski definition) is 0. The zero-order valence-corrected chi connectivity index (χ0v) is 25.9. The molecule has 0 saturated heterocycles. The molecule has 1 aromatic heterocycles. The first-order chi connectivity index (χ1) is 22.7. The Morgan fingerprint density at radius 3 is 1.98 bits per heavy atom. The molecule has 0 radical (unpaired) electrons. The van der Waals surface area contributed by atoms with Crippen LogP contribution in [0.25, 0.3) is 33.8 Å². The van der Waals surface area contributed by atoms with Crippen molar-refractivity contribution in [2.45, 2.75) is 18.3 Å². The third-order valence-electron chi connectivity index (χ3n) is 10.2. The summed E-state index contributed by atoms with van der Waals surface area (Å²) >= 11 is 0. The zero-order chi connectivity index (χ0) is 30.7. The molecule has 0 N–H and O–H groups in total. The SMILES string of the molecule is CN(c1ccccc1)c1ccc2c(c1)c1c(n2-c2ccc3c(c2)C(c2ccccc2)(c2ccccc2)c2ccccc2-3)C=CCC1. The predicted octanol–water partition coefficient (Wildman–Crippen LogP) is 10.7. The van der Waals surface area contributed by atoms with Crippen molar-refractivity contribution in [2.75, 3.05) is 11.9 Å². The molecule has 0 spiro atoms. The van der Waals surface area contributed by atoms with Crippen LogP contribution in [-0.2, 0) is 11.8 Å². The highest BCUT2D eigenvalue weighted by Crippen LogP contribution is 2.56. The van der Waals surface area contributed by atoms with Crippen molar-refractivity contribution >= 4 is 28.4 Å². The van der Waals surface area contributed by atoms with Crippen LogP contribution in [0.2, 0.25) is 0 Å². The van der Waals surface area contributed by atoms with E-state index in [1.165, 1.54) is 72.6 Å². The molecule has 0 saturated carbocycles. The van der Waals surface area contributed by atoms with Gasteiger partial charge in [0, 0.05) is 35.2 Å². The first-order valence-corrected chi connectivity index (χ1v) is 16.2. The van der Waals surface area contributed by atoms with Gasteiger partial charge in [-0.15, -0.1) is 0 Å². The molecule has 0 amide bonds. The quantitative estimate of drug-likeness (QED) is 0.194. The molecule has 0 aliphatic heterocycles. The van der Waals surface area contributed by atoms with Gasteiger partial charge in [-0.1, -0.05) is 115 Å². The highest BCUT2D eigenvalue weighted by atomic mass is 15.1. The molecule has 9 rings (SSSR count). The van der Waals surface area contributed by atoms with Crippen LogP contribution < -0.4 is 4.90 Å². The summed E-state index contributed by atoms with van der Waals surface area (Å²) in [5, 5.41) is 1.33. The molecule has 2 heteroatoms. The van der Waals surface area contributed by atoms with E-state index in [0.29, 0.717) is 0 Å². The second kappa shape index (κ2) is 10.5. The Morgan fingerprint density at radius 2 is 1.24 bits per heavy atom. The number of para-hydroxylation sites is 1. The lowest BCUT2D eigenvalue weighted by atomic mass is 9.67. The van der Waals surface area contributed by atoms with E-state index in [2.05, 4.69) is 180 Å². The van der Waals surface area contributed by atoms with E-state index in [0.717, 1.165) is 12.8 Å². The average Bonchev–Trinajstić information content (AvgIpc) is 3.62. The lowest BCUT2D eigenvalue weighted by Crippen LogP contribution is -2.28. The summed E-state index contributed by atoms with van der Waals surface area (Å²) in [5.74, 6) is 0. The Labute approximate surface area is 270 Å². The second-order valence-electron chi connectivity index (χ2n) is 12.5. The van der Waals surface area contributed by atoms with E-state index in [1.807, 2.05) is 0 Å². The van der Waals surface area contributed by atoms with Crippen LogP contribution in [0.3, 0.4) is 0 Å².